The Morgan fingerprint density at radius 1 is 0.810 bits per heavy atom. The van der Waals surface area contributed by atoms with E-state index in [-0.39, 0.29) is 0 Å². The molecular weight excluding hydrogens is 252 g/mol. The van der Waals surface area contributed by atoms with Crippen LogP contribution in [0.5, 0.6) is 0 Å². The molecule has 4 aliphatic carbocycles. The molecule has 0 heterocycles. The number of hydrogen-bond acceptors (Lipinski definition) is 0. The van der Waals surface area contributed by atoms with Crippen molar-refractivity contribution in [2.75, 3.05) is 0 Å². The first-order valence-corrected chi connectivity index (χ1v) is 10.1. The van der Waals surface area contributed by atoms with Crippen LogP contribution in [-0.4, -0.2) is 0 Å². The third-order valence-electron chi connectivity index (χ3n) is 9.17. The fourth-order valence-electron chi connectivity index (χ4n) is 8.06. The van der Waals surface area contributed by atoms with Gasteiger partial charge in [-0.25, -0.2) is 0 Å². The quantitative estimate of drug-likeness (QED) is 0.548. The van der Waals surface area contributed by atoms with E-state index in [2.05, 4.69) is 20.8 Å². The van der Waals surface area contributed by atoms with E-state index >= 15 is 0 Å². The lowest BCUT2D eigenvalue weighted by Gasteiger charge is -2.57. The van der Waals surface area contributed by atoms with E-state index in [4.69, 9.17) is 0 Å². The lowest BCUT2D eigenvalue weighted by atomic mass is 9.47. The summed E-state index contributed by atoms with van der Waals surface area (Å²) in [6.07, 6.45) is 17.0. The van der Waals surface area contributed by atoms with Crippen LogP contribution in [0.15, 0.2) is 0 Å². The highest BCUT2D eigenvalue weighted by molar-refractivity contribution is 5.09. The fourth-order valence-corrected chi connectivity index (χ4v) is 8.06. The molecule has 7 atom stereocenters. The van der Waals surface area contributed by atoms with E-state index in [0.29, 0.717) is 0 Å². The van der Waals surface area contributed by atoms with Crippen molar-refractivity contribution in [1.29, 1.82) is 0 Å². The summed E-state index contributed by atoms with van der Waals surface area (Å²) in [5.74, 6) is 5.44. The van der Waals surface area contributed by atoms with Gasteiger partial charge < -0.3 is 0 Å². The lowest BCUT2D eigenvalue weighted by Crippen LogP contribution is -2.50. The molecule has 0 nitrogen and oxygen atoms in total. The van der Waals surface area contributed by atoms with E-state index in [9.17, 15) is 0 Å². The van der Waals surface area contributed by atoms with Crippen molar-refractivity contribution >= 4 is 0 Å². The maximum Gasteiger partial charge on any atom is -0.0266 e. The summed E-state index contributed by atoms with van der Waals surface area (Å²) in [5, 5.41) is 0. The Bertz CT molecular complexity index is 399. The molecule has 0 amide bonds. The molecule has 4 aliphatic rings. The van der Waals surface area contributed by atoms with Crippen LogP contribution in [0.2, 0.25) is 0 Å². The Kier molecular flexibility index (Phi) is 3.47. The average molecular weight is 289 g/mol. The Hall–Kier alpha value is 0. The molecule has 0 aromatic rings. The fraction of sp³-hybridized carbons (Fsp3) is 1.00. The molecule has 0 radical (unpaired) electrons. The highest BCUT2D eigenvalue weighted by Crippen LogP contribution is 2.68. The topological polar surface area (TPSA) is 0 Å². The molecule has 0 aromatic heterocycles. The standard InChI is InChI=1S/C21H36/c1-4-6-15-9-11-18-17-10-8-16-7-5-13-20(16,2)19(17)12-14-21(15,18)3/h15-19H,4-14H2,1-3H3. The van der Waals surface area contributed by atoms with Crippen LogP contribution >= 0.6 is 0 Å². The minimum Gasteiger partial charge on any atom is -0.0654 e. The molecule has 0 bridgehead atoms. The minimum absolute atomic E-state index is 0.721. The van der Waals surface area contributed by atoms with Crippen LogP contribution in [0, 0.1) is 40.4 Å². The van der Waals surface area contributed by atoms with Crippen molar-refractivity contribution in [3.63, 3.8) is 0 Å². The van der Waals surface area contributed by atoms with E-state index < -0.39 is 0 Å². The zero-order valence-corrected chi connectivity index (χ0v) is 14.7. The normalized spacial score (nSPS) is 55.9. The van der Waals surface area contributed by atoms with E-state index in [1.165, 1.54) is 19.3 Å². The Morgan fingerprint density at radius 2 is 1.62 bits per heavy atom. The van der Waals surface area contributed by atoms with Gasteiger partial charge in [-0.3, -0.25) is 0 Å². The van der Waals surface area contributed by atoms with Crippen LogP contribution in [0.3, 0.4) is 0 Å². The summed E-state index contributed by atoms with van der Waals surface area (Å²) in [6.45, 7) is 7.79. The molecule has 0 aliphatic heterocycles. The number of fused-ring (bicyclic) bond motifs is 5. The third kappa shape index (κ3) is 1.93. The molecule has 0 N–H and O–H groups in total. The first-order chi connectivity index (χ1) is 10.1. The van der Waals surface area contributed by atoms with E-state index in [1.807, 2.05) is 0 Å². The van der Waals surface area contributed by atoms with Gasteiger partial charge in [0.25, 0.3) is 0 Å². The molecule has 7 unspecified atom stereocenters. The van der Waals surface area contributed by atoms with Gasteiger partial charge in [-0.1, -0.05) is 40.0 Å². The van der Waals surface area contributed by atoms with E-state index in [0.717, 1.165) is 40.4 Å². The zero-order chi connectivity index (χ0) is 14.7. The molecular formula is C21H36. The molecule has 120 valence electrons. The molecule has 4 rings (SSSR count). The SMILES string of the molecule is CCCC1CCC2C3CCC4CCCC4(C)C3CCC12C. The molecule has 0 spiro atoms. The summed E-state index contributed by atoms with van der Waals surface area (Å²) in [6, 6.07) is 0. The number of hydrogen-bond donors (Lipinski definition) is 0. The van der Waals surface area contributed by atoms with Crippen molar-refractivity contribution in [3.05, 3.63) is 0 Å². The summed E-state index contributed by atoms with van der Waals surface area (Å²) in [5.41, 5.74) is 1.46. The monoisotopic (exact) mass is 288 g/mol. The second-order valence-corrected chi connectivity index (χ2v) is 9.66. The van der Waals surface area contributed by atoms with Gasteiger partial charge in [0, 0.05) is 0 Å². The second-order valence-electron chi connectivity index (χ2n) is 9.66. The van der Waals surface area contributed by atoms with Gasteiger partial charge in [-0.05, 0) is 91.8 Å². The minimum atomic E-state index is 0.721. The van der Waals surface area contributed by atoms with Crippen molar-refractivity contribution in [2.24, 2.45) is 40.4 Å². The average Bonchev–Trinajstić information content (AvgIpc) is 3.00. The lowest BCUT2D eigenvalue weighted by molar-refractivity contribution is -0.0855. The molecule has 21 heavy (non-hydrogen) atoms. The Balaban J connectivity index is 1.60. The van der Waals surface area contributed by atoms with Crippen LogP contribution in [0.25, 0.3) is 0 Å². The summed E-state index contributed by atoms with van der Waals surface area (Å²) in [7, 11) is 0. The smallest absolute Gasteiger partial charge is 0.0266 e. The first kappa shape index (κ1) is 14.6. The van der Waals surface area contributed by atoms with Crippen LogP contribution in [0.1, 0.15) is 91.4 Å². The maximum atomic E-state index is 2.70. The molecule has 0 saturated heterocycles. The molecule has 0 heteroatoms. The Morgan fingerprint density at radius 3 is 2.43 bits per heavy atom. The highest BCUT2D eigenvalue weighted by Gasteiger charge is 2.59. The van der Waals surface area contributed by atoms with Gasteiger partial charge >= 0.3 is 0 Å². The van der Waals surface area contributed by atoms with Crippen LogP contribution in [-0.2, 0) is 0 Å². The van der Waals surface area contributed by atoms with Gasteiger partial charge in [-0.2, -0.15) is 0 Å². The van der Waals surface area contributed by atoms with Gasteiger partial charge in [0.2, 0.25) is 0 Å². The maximum absolute atomic E-state index is 2.70. The zero-order valence-electron chi connectivity index (χ0n) is 14.7. The summed E-state index contributed by atoms with van der Waals surface area (Å²) < 4.78 is 0. The first-order valence-electron chi connectivity index (χ1n) is 10.1. The van der Waals surface area contributed by atoms with E-state index in [1.54, 1.807) is 51.4 Å². The van der Waals surface area contributed by atoms with Crippen LogP contribution in [0.4, 0.5) is 0 Å². The largest absolute Gasteiger partial charge is 0.0654 e. The van der Waals surface area contributed by atoms with Crippen molar-refractivity contribution in [2.45, 2.75) is 91.4 Å². The third-order valence-corrected chi connectivity index (χ3v) is 9.17. The summed E-state index contributed by atoms with van der Waals surface area (Å²) >= 11 is 0. The predicted octanol–water partition coefficient (Wildman–Crippen LogP) is 6.45. The van der Waals surface area contributed by atoms with Crippen molar-refractivity contribution < 1.29 is 0 Å². The second kappa shape index (κ2) is 5.00. The molecule has 4 fully saturated rings. The number of rotatable bonds is 2. The van der Waals surface area contributed by atoms with Crippen molar-refractivity contribution in [1.82, 2.24) is 0 Å². The van der Waals surface area contributed by atoms with Gasteiger partial charge in [-0.15, -0.1) is 0 Å². The van der Waals surface area contributed by atoms with Gasteiger partial charge in [0.15, 0.2) is 0 Å². The Labute approximate surface area is 132 Å². The molecule has 4 saturated carbocycles. The highest BCUT2D eigenvalue weighted by atomic mass is 14.6. The van der Waals surface area contributed by atoms with Gasteiger partial charge in [0.05, 0.1) is 0 Å². The van der Waals surface area contributed by atoms with Crippen LogP contribution < -0.4 is 0 Å². The summed E-state index contributed by atoms with van der Waals surface area (Å²) in [4.78, 5) is 0. The predicted molar refractivity (Wildman–Crippen MR) is 90.1 cm³/mol. The van der Waals surface area contributed by atoms with Gasteiger partial charge in [0.1, 0.15) is 0 Å². The molecule has 0 aromatic carbocycles. The van der Waals surface area contributed by atoms with Crippen molar-refractivity contribution in [3.8, 4) is 0 Å².